The molecule has 0 radical (unpaired) electrons. The monoisotopic (exact) mass is 270 g/mol. The molecule has 1 saturated carbocycles. The molecule has 2 atom stereocenters. The minimum absolute atomic E-state index is 0.749. The Labute approximate surface area is 122 Å². The van der Waals surface area contributed by atoms with Gasteiger partial charge in [0, 0.05) is 23.1 Å². The summed E-state index contributed by atoms with van der Waals surface area (Å²) in [6.07, 6.45) is 10.2. The quantitative estimate of drug-likeness (QED) is 0.834. The predicted molar refractivity (Wildman–Crippen MR) is 86.0 cm³/mol. The number of hydrogen-bond acceptors (Lipinski definition) is 1. The molecule has 2 aromatic rings. The Morgan fingerprint density at radius 3 is 3.05 bits per heavy atom. The first-order valence-electron chi connectivity index (χ1n) is 8.15. The third-order valence-electron chi connectivity index (χ3n) is 4.86. The highest BCUT2D eigenvalue weighted by Crippen LogP contribution is 2.26. The van der Waals surface area contributed by atoms with Crippen molar-refractivity contribution in [1.29, 1.82) is 0 Å². The lowest BCUT2D eigenvalue weighted by Gasteiger charge is -2.29. The average Bonchev–Trinajstić information content (AvgIpc) is 2.91. The highest BCUT2D eigenvalue weighted by Gasteiger charge is 2.19. The summed E-state index contributed by atoms with van der Waals surface area (Å²) in [6, 6.07) is 9.33. The predicted octanol–water partition coefficient (Wildman–Crippen LogP) is 4.27. The molecule has 0 spiro atoms. The second-order valence-electron chi connectivity index (χ2n) is 6.20. The van der Waals surface area contributed by atoms with Crippen molar-refractivity contribution < 1.29 is 0 Å². The maximum absolute atomic E-state index is 3.77. The van der Waals surface area contributed by atoms with Gasteiger partial charge in [-0.1, -0.05) is 44.4 Å². The van der Waals surface area contributed by atoms with Gasteiger partial charge in [-0.25, -0.2) is 0 Å². The lowest BCUT2D eigenvalue weighted by Crippen LogP contribution is -2.35. The summed E-state index contributed by atoms with van der Waals surface area (Å²) in [7, 11) is 0. The van der Waals surface area contributed by atoms with Gasteiger partial charge in [0.05, 0.1) is 0 Å². The molecule has 20 heavy (non-hydrogen) atoms. The molecule has 1 aliphatic rings. The zero-order valence-electron chi connectivity index (χ0n) is 12.5. The van der Waals surface area contributed by atoms with Gasteiger partial charge in [0.25, 0.3) is 0 Å². The van der Waals surface area contributed by atoms with Crippen LogP contribution in [0.15, 0.2) is 30.5 Å². The molecule has 1 aromatic carbocycles. The molecule has 108 valence electrons. The van der Waals surface area contributed by atoms with Crippen LogP contribution in [0, 0.1) is 5.92 Å². The summed E-state index contributed by atoms with van der Waals surface area (Å²) < 4.78 is 0. The van der Waals surface area contributed by atoms with Gasteiger partial charge in [-0.2, -0.15) is 0 Å². The van der Waals surface area contributed by atoms with Crippen LogP contribution in [0.25, 0.3) is 10.9 Å². The topological polar surface area (TPSA) is 27.8 Å². The number of H-pyrrole nitrogens is 1. The Morgan fingerprint density at radius 2 is 2.15 bits per heavy atom. The van der Waals surface area contributed by atoms with Gasteiger partial charge >= 0.3 is 0 Å². The van der Waals surface area contributed by atoms with Crippen LogP contribution in [0.2, 0.25) is 0 Å². The van der Waals surface area contributed by atoms with E-state index in [9.17, 15) is 0 Å². The van der Waals surface area contributed by atoms with E-state index in [1.165, 1.54) is 48.6 Å². The van der Waals surface area contributed by atoms with E-state index in [1.807, 2.05) is 0 Å². The molecule has 1 heterocycles. The van der Waals surface area contributed by atoms with Gasteiger partial charge in [-0.15, -0.1) is 0 Å². The zero-order valence-corrected chi connectivity index (χ0v) is 12.5. The summed E-state index contributed by atoms with van der Waals surface area (Å²) in [5.74, 6) is 0.953. The number of aromatic nitrogens is 1. The first-order valence-corrected chi connectivity index (χ1v) is 8.15. The Hall–Kier alpha value is -1.28. The maximum atomic E-state index is 3.77. The molecule has 1 aromatic heterocycles. The van der Waals surface area contributed by atoms with Crippen molar-refractivity contribution in [3.63, 3.8) is 0 Å². The fraction of sp³-hybridized carbons (Fsp3) is 0.556. The summed E-state index contributed by atoms with van der Waals surface area (Å²) in [6.45, 7) is 3.43. The highest BCUT2D eigenvalue weighted by atomic mass is 14.9. The van der Waals surface area contributed by atoms with Crippen molar-refractivity contribution in [2.24, 2.45) is 5.92 Å². The smallest absolute Gasteiger partial charge is 0.0456 e. The first-order chi connectivity index (χ1) is 9.86. The number of rotatable bonds is 5. The Bertz CT molecular complexity index is 543. The van der Waals surface area contributed by atoms with E-state index in [1.54, 1.807) is 0 Å². The van der Waals surface area contributed by atoms with Crippen molar-refractivity contribution in [1.82, 2.24) is 10.3 Å². The number of aromatic amines is 1. The van der Waals surface area contributed by atoms with Gasteiger partial charge < -0.3 is 10.3 Å². The molecule has 2 nitrogen and oxygen atoms in total. The van der Waals surface area contributed by atoms with E-state index in [4.69, 9.17) is 0 Å². The number of nitrogens with one attached hydrogen (secondary N) is 2. The standard InChI is InChI=1S/C18H26N2/c1-2-14-6-5-7-16(12-14)19-11-10-15-13-20-18-9-4-3-8-17(15)18/h3-4,8-9,13-14,16,19-20H,2,5-7,10-12H2,1H3. The van der Waals surface area contributed by atoms with Gasteiger partial charge in [-0.3, -0.25) is 0 Å². The molecule has 0 saturated heterocycles. The fourth-order valence-electron chi connectivity index (χ4n) is 3.60. The lowest BCUT2D eigenvalue weighted by atomic mass is 9.84. The summed E-state index contributed by atoms with van der Waals surface area (Å²) in [4.78, 5) is 3.37. The molecular formula is C18H26N2. The first kappa shape index (κ1) is 13.7. The third-order valence-corrected chi connectivity index (χ3v) is 4.86. The van der Waals surface area contributed by atoms with E-state index in [2.05, 4.69) is 47.7 Å². The van der Waals surface area contributed by atoms with Crippen LogP contribution in [0.3, 0.4) is 0 Å². The fourth-order valence-corrected chi connectivity index (χ4v) is 3.60. The van der Waals surface area contributed by atoms with Crippen LogP contribution < -0.4 is 5.32 Å². The Balaban J connectivity index is 1.52. The molecule has 1 fully saturated rings. The summed E-state index contributed by atoms with van der Waals surface area (Å²) in [5.41, 5.74) is 2.70. The number of para-hydroxylation sites is 1. The van der Waals surface area contributed by atoms with Crippen LogP contribution in [0.4, 0.5) is 0 Å². The van der Waals surface area contributed by atoms with Gasteiger partial charge in [0.1, 0.15) is 0 Å². The van der Waals surface area contributed by atoms with E-state index in [0.29, 0.717) is 0 Å². The van der Waals surface area contributed by atoms with Crippen LogP contribution >= 0.6 is 0 Å². The maximum Gasteiger partial charge on any atom is 0.0456 e. The van der Waals surface area contributed by atoms with Crippen LogP contribution in [0.1, 0.15) is 44.6 Å². The van der Waals surface area contributed by atoms with Crippen molar-refractivity contribution >= 4 is 10.9 Å². The van der Waals surface area contributed by atoms with E-state index in [-0.39, 0.29) is 0 Å². The van der Waals surface area contributed by atoms with E-state index < -0.39 is 0 Å². The Kier molecular flexibility index (Phi) is 4.41. The van der Waals surface area contributed by atoms with E-state index in [0.717, 1.165) is 24.9 Å². The second-order valence-corrected chi connectivity index (χ2v) is 6.20. The third kappa shape index (κ3) is 3.06. The molecule has 2 unspecified atom stereocenters. The largest absolute Gasteiger partial charge is 0.361 e. The van der Waals surface area contributed by atoms with Gasteiger partial charge in [0.15, 0.2) is 0 Å². The van der Waals surface area contributed by atoms with Gasteiger partial charge in [0.2, 0.25) is 0 Å². The molecule has 3 rings (SSSR count). The second kappa shape index (κ2) is 6.45. The molecule has 0 aliphatic heterocycles. The zero-order chi connectivity index (χ0) is 13.8. The summed E-state index contributed by atoms with van der Waals surface area (Å²) in [5, 5.41) is 5.15. The number of benzene rings is 1. The minimum Gasteiger partial charge on any atom is -0.361 e. The van der Waals surface area contributed by atoms with Crippen molar-refractivity contribution in [2.45, 2.75) is 51.5 Å². The minimum atomic E-state index is 0.749. The van der Waals surface area contributed by atoms with Crippen LogP contribution in [-0.2, 0) is 6.42 Å². The summed E-state index contributed by atoms with van der Waals surface area (Å²) >= 11 is 0. The Morgan fingerprint density at radius 1 is 1.25 bits per heavy atom. The molecule has 2 N–H and O–H groups in total. The van der Waals surface area contributed by atoms with Crippen molar-refractivity contribution in [3.8, 4) is 0 Å². The van der Waals surface area contributed by atoms with Gasteiger partial charge in [-0.05, 0) is 43.4 Å². The molecule has 0 bridgehead atoms. The number of hydrogen-bond donors (Lipinski definition) is 2. The van der Waals surface area contributed by atoms with Crippen LogP contribution in [0.5, 0.6) is 0 Å². The molecular weight excluding hydrogens is 244 g/mol. The normalized spacial score (nSPS) is 23.2. The number of fused-ring (bicyclic) bond motifs is 1. The molecule has 0 amide bonds. The molecule has 1 aliphatic carbocycles. The molecule has 2 heteroatoms. The lowest BCUT2D eigenvalue weighted by molar-refractivity contribution is 0.280. The van der Waals surface area contributed by atoms with Crippen molar-refractivity contribution in [2.75, 3.05) is 6.54 Å². The van der Waals surface area contributed by atoms with Crippen LogP contribution in [-0.4, -0.2) is 17.6 Å². The average molecular weight is 270 g/mol. The van der Waals surface area contributed by atoms with Crippen molar-refractivity contribution in [3.05, 3.63) is 36.0 Å². The van der Waals surface area contributed by atoms with E-state index >= 15 is 0 Å². The highest BCUT2D eigenvalue weighted by molar-refractivity contribution is 5.83. The SMILES string of the molecule is CCC1CCCC(NCCc2c[nH]c3ccccc23)C1.